The van der Waals surface area contributed by atoms with E-state index >= 15 is 0 Å². The van der Waals surface area contributed by atoms with Crippen molar-refractivity contribution in [1.29, 1.82) is 5.41 Å². The number of rotatable bonds is 7. The maximum absolute atomic E-state index is 11.6. The summed E-state index contributed by atoms with van der Waals surface area (Å²) in [4.78, 5) is 22.8. The van der Waals surface area contributed by atoms with Crippen LogP contribution in [0.5, 0.6) is 5.75 Å². The first-order chi connectivity index (χ1) is 9.52. The molecule has 108 valence electrons. The maximum Gasteiger partial charge on any atom is 0.338 e. The Kier molecular flexibility index (Phi) is 6.22. The highest BCUT2D eigenvalue weighted by Gasteiger charge is 2.08. The molecule has 6 nitrogen and oxygen atoms in total. The Morgan fingerprint density at radius 2 is 1.70 bits per heavy atom. The molecule has 0 fully saturated rings. The average Bonchev–Trinajstić information content (AvgIpc) is 2.42. The maximum atomic E-state index is 11.6. The first kappa shape index (κ1) is 15.7. The normalized spacial score (nSPS) is 9.70. The summed E-state index contributed by atoms with van der Waals surface area (Å²) in [7, 11) is 1.54. The van der Waals surface area contributed by atoms with Crippen LogP contribution in [0.4, 0.5) is 0 Å². The molecule has 0 aromatic heterocycles. The lowest BCUT2D eigenvalue weighted by Crippen LogP contribution is -2.15. The lowest BCUT2D eigenvalue weighted by molar-refractivity contribution is -0.143. The third kappa shape index (κ3) is 5.51. The lowest BCUT2D eigenvalue weighted by Gasteiger charge is -2.06. The first-order valence-electron chi connectivity index (χ1n) is 6.03. The molecule has 0 aliphatic heterocycles. The number of hydrogen-bond acceptors (Lipinski definition) is 6. The fourth-order valence-corrected chi connectivity index (χ4v) is 1.37. The van der Waals surface area contributed by atoms with Crippen molar-refractivity contribution in [1.82, 2.24) is 0 Å². The van der Waals surface area contributed by atoms with Crippen molar-refractivity contribution < 1.29 is 23.8 Å². The molecule has 0 saturated heterocycles. The molecule has 0 saturated carbocycles. The van der Waals surface area contributed by atoms with Gasteiger partial charge in [0, 0.05) is 5.71 Å². The molecular weight excluding hydrogens is 262 g/mol. The van der Waals surface area contributed by atoms with Crippen molar-refractivity contribution in [3.63, 3.8) is 0 Å². The van der Waals surface area contributed by atoms with Gasteiger partial charge < -0.3 is 19.6 Å². The summed E-state index contributed by atoms with van der Waals surface area (Å²) in [5, 5.41) is 7.12. The van der Waals surface area contributed by atoms with E-state index in [4.69, 9.17) is 19.6 Å². The fraction of sp³-hybridized carbons (Fsp3) is 0.357. The molecule has 0 radical (unpaired) electrons. The molecule has 0 heterocycles. The Morgan fingerprint density at radius 1 is 1.10 bits per heavy atom. The van der Waals surface area contributed by atoms with Crippen LogP contribution in [0.3, 0.4) is 0 Å². The number of esters is 2. The summed E-state index contributed by atoms with van der Waals surface area (Å²) in [6.07, 6.45) is -0.0492. The summed E-state index contributed by atoms with van der Waals surface area (Å²) in [5.41, 5.74) is 0.623. The van der Waals surface area contributed by atoms with Crippen LogP contribution in [-0.4, -0.2) is 38.0 Å². The molecule has 0 amide bonds. The van der Waals surface area contributed by atoms with E-state index in [2.05, 4.69) is 0 Å². The van der Waals surface area contributed by atoms with E-state index in [0.29, 0.717) is 11.3 Å². The van der Waals surface area contributed by atoms with Crippen LogP contribution in [0.1, 0.15) is 23.7 Å². The van der Waals surface area contributed by atoms with Gasteiger partial charge in [-0.3, -0.25) is 4.79 Å². The molecule has 6 heteroatoms. The van der Waals surface area contributed by atoms with Crippen LogP contribution in [0.15, 0.2) is 24.3 Å². The third-order valence-corrected chi connectivity index (χ3v) is 2.31. The van der Waals surface area contributed by atoms with E-state index in [1.165, 1.54) is 14.0 Å². The Morgan fingerprint density at radius 3 is 2.25 bits per heavy atom. The van der Waals surface area contributed by atoms with Gasteiger partial charge in [-0.05, 0) is 31.2 Å². The highest BCUT2D eigenvalue weighted by atomic mass is 16.6. The average molecular weight is 279 g/mol. The molecule has 1 N–H and O–H groups in total. The minimum Gasteiger partial charge on any atom is -0.497 e. The lowest BCUT2D eigenvalue weighted by atomic mass is 10.2. The van der Waals surface area contributed by atoms with Gasteiger partial charge in [-0.15, -0.1) is 0 Å². The number of methoxy groups -OCH3 is 1. The second kappa shape index (κ2) is 7.93. The minimum absolute atomic E-state index is 0.0198. The van der Waals surface area contributed by atoms with E-state index < -0.39 is 11.9 Å². The topological polar surface area (TPSA) is 85.7 Å². The second-order valence-corrected chi connectivity index (χ2v) is 4.04. The van der Waals surface area contributed by atoms with Crippen molar-refractivity contribution in [2.75, 3.05) is 20.3 Å². The van der Waals surface area contributed by atoms with Gasteiger partial charge in [-0.2, -0.15) is 0 Å². The smallest absolute Gasteiger partial charge is 0.338 e. The van der Waals surface area contributed by atoms with Gasteiger partial charge in [0.25, 0.3) is 0 Å². The molecule has 1 aromatic carbocycles. The summed E-state index contributed by atoms with van der Waals surface area (Å²) >= 11 is 0. The van der Waals surface area contributed by atoms with Crippen molar-refractivity contribution in [3.05, 3.63) is 29.8 Å². The number of ether oxygens (including phenoxy) is 3. The zero-order valence-electron chi connectivity index (χ0n) is 11.5. The van der Waals surface area contributed by atoms with Crippen molar-refractivity contribution in [3.8, 4) is 5.75 Å². The standard InChI is InChI=1S/C14H17NO5/c1-10(15)9-13(16)19-7-8-20-14(17)11-3-5-12(18-2)6-4-11/h3-6,15H,7-9H2,1-2H3. The Balaban J connectivity index is 2.29. The number of nitrogens with one attached hydrogen (secondary N) is 1. The second-order valence-electron chi connectivity index (χ2n) is 4.04. The molecule has 0 atom stereocenters. The number of carbonyl (C=O) groups is 2. The largest absolute Gasteiger partial charge is 0.497 e. The van der Waals surface area contributed by atoms with Crippen LogP contribution < -0.4 is 4.74 Å². The van der Waals surface area contributed by atoms with Crippen molar-refractivity contribution >= 4 is 17.7 Å². The predicted octanol–water partition coefficient (Wildman–Crippen LogP) is 1.82. The summed E-state index contributed by atoms with van der Waals surface area (Å²) in [6, 6.07) is 6.49. The molecule has 1 rings (SSSR count). The molecule has 1 aromatic rings. The van der Waals surface area contributed by atoms with E-state index in [-0.39, 0.29) is 25.3 Å². The molecule has 0 aliphatic rings. The third-order valence-electron chi connectivity index (χ3n) is 2.31. The van der Waals surface area contributed by atoms with Crippen LogP contribution >= 0.6 is 0 Å². The highest BCUT2D eigenvalue weighted by Crippen LogP contribution is 2.11. The summed E-state index contributed by atoms with van der Waals surface area (Å²) in [5.74, 6) is -0.345. The van der Waals surface area contributed by atoms with E-state index in [9.17, 15) is 9.59 Å². The van der Waals surface area contributed by atoms with Crippen LogP contribution in [-0.2, 0) is 14.3 Å². The molecular formula is C14H17NO5. The highest BCUT2D eigenvalue weighted by molar-refractivity contribution is 5.95. The van der Waals surface area contributed by atoms with Gasteiger partial charge in [0.05, 0.1) is 19.1 Å². The minimum atomic E-state index is -0.502. The number of benzene rings is 1. The molecule has 0 aliphatic carbocycles. The zero-order chi connectivity index (χ0) is 15.0. The van der Waals surface area contributed by atoms with Gasteiger partial charge in [0.1, 0.15) is 19.0 Å². The van der Waals surface area contributed by atoms with Gasteiger partial charge >= 0.3 is 11.9 Å². The number of carbonyl (C=O) groups excluding carboxylic acids is 2. The van der Waals surface area contributed by atoms with E-state index in [0.717, 1.165) is 0 Å². The van der Waals surface area contributed by atoms with Gasteiger partial charge in [-0.1, -0.05) is 0 Å². The molecule has 0 bridgehead atoms. The van der Waals surface area contributed by atoms with Crippen LogP contribution in [0, 0.1) is 5.41 Å². The first-order valence-corrected chi connectivity index (χ1v) is 6.03. The van der Waals surface area contributed by atoms with Crippen molar-refractivity contribution in [2.24, 2.45) is 0 Å². The van der Waals surface area contributed by atoms with E-state index in [1.807, 2.05) is 0 Å². The van der Waals surface area contributed by atoms with Crippen LogP contribution in [0.25, 0.3) is 0 Å². The van der Waals surface area contributed by atoms with Gasteiger partial charge in [0.15, 0.2) is 0 Å². The van der Waals surface area contributed by atoms with Crippen LogP contribution in [0.2, 0.25) is 0 Å². The Bertz CT molecular complexity index is 481. The quantitative estimate of drug-likeness (QED) is 0.467. The monoisotopic (exact) mass is 279 g/mol. The van der Waals surface area contributed by atoms with Gasteiger partial charge in [0.2, 0.25) is 0 Å². The Labute approximate surface area is 117 Å². The molecule has 20 heavy (non-hydrogen) atoms. The molecule has 0 spiro atoms. The molecule has 0 unspecified atom stereocenters. The SMILES string of the molecule is COc1ccc(C(=O)OCCOC(=O)CC(C)=N)cc1. The van der Waals surface area contributed by atoms with E-state index in [1.54, 1.807) is 24.3 Å². The number of hydrogen-bond donors (Lipinski definition) is 1. The Hall–Kier alpha value is -2.37. The van der Waals surface area contributed by atoms with Crippen molar-refractivity contribution in [2.45, 2.75) is 13.3 Å². The summed E-state index contributed by atoms with van der Waals surface area (Å²) < 4.78 is 14.7. The van der Waals surface area contributed by atoms with Gasteiger partial charge in [-0.25, -0.2) is 4.79 Å². The fourth-order valence-electron chi connectivity index (χ4n) is 1.37. The summed E-state index contributed by atoms with van der Waals surface area (Å²) in [6.45, 7) is 1.48. The zero-order valence-corrected chi connectivity index (χ0v) is 11.5. The predicted molar refractivity (Wildman–Crippen MR) is 72.3 cm³/mol.